The number of amides is 1. The van der Waals surface area contributed by atoms with E-state index >= 15 is 0 Å². The van der Waals surface area contributed by atoms with E-state index in [9.17, 15) is 9.59 Å². The highest BCUT2D eigenvalue weighted by atomic mass is 16.6. The third-order valence-electron chi connectivity index (χ3n) is 4.41. The summed E-state index contributed by atoms with van der Waals surface area (Å²) in [5.41, 5.74) is 1.13. The molecule has 0 fully saturated rings. The molecular formula is C22H24N2O4. The minimum Gasteiger partial charge on any atom is -0.490 e. The first kappa shape index (κ1) is 21.0. The van der Waals surface area contributed by atoms with Gasteiger partial charge in [0, 0.05) is 11.3 Å². The summed E-state index contributed by atoms with van der Waals surface area (Å²) in [5.74, 6) is 0.0844. The van der Waals surface area contributed by atoms with Crippen LogP contribution in [0.2, 0.25) is 0 Å². The van der Waals surface area contributed by atoms with Crippen molar-refractivity contribution in [2.75, 3.05) is 18.5 Å². The molecule has 0 heterocycles. The number of benzene rings is 2. The zero-order chi connectivity index (χ0) is 20.6. The van der Waals surface area contributed by atoms with E-state index in [4.69, 9.17) is 14.7 Å². The molecular weight excluding hydrogens is 356 g/mol. The lowest BCUT2D eigenvalue weighted by atomic mass is 9.91. The van der Waals surface area contributed by atoms with Gasteiger partial charge in [0.2, 0.25) is 0 Å². The highest BCUT2D eigenvalue weighted by Crippen LogP contribution is 2.21. The maximum Gasteiger partial charge on any atom is 0.311 e. The number of rotatable bonds is 8. The Labute approximate surface area is 165 Å². The first-order chi connectivity index (χ1) is 13.4. The summed E-state index contributed by atoms with van der Waals surface area (Å²) in [6.45, 7) is 6.04. The smallest absolute Gasteiger partial charge is 0.311 e. The van der Waals surface area contributed by atoms with Gasteiger partial charge in [0.15, 0.2) is 0 Å². The van der Waals surface area contributed by atoms with Gasteiger partial charge in [-0.25, -0.2) is 0 Å². The van der Waals surface area contributed by atoms with Crippen molar-refractivity contribution in [3.63, 3.8) is 0 Å². The molecule has 0 saturated carbocycles. The van der Waals surface area contributed by atoms with Gasteiger partial charge >= 0.3 is 5.97 Å². The Morgan fingerprint density at radius 3 is 2.25 bits per heavy atom. The second-order valence-corrected chi connectivity index (χ2v) is 6.89. The molecule has 0 spiro atoms. The van der Waals surface area contributed by atoms with Crippen LogP contribution in [0.4, 0.5) is 5.69 Å². The number of hydrogen-bond acceptors (Lipinski definition) is 5. The van der Waals surface area contributed by atoms with Crippen LogP contribution in [0.25, 0.3) is 0 Å². The number of carbonyl (C=O) groups is 2. The monoisotopic (exact) mass is 380 g/mol. The van der Waals surface area contributed by atoms with E-state index in [1.165, 1.54) is 0 Å². The average molecular weight is 380 g/mol. The van der Waals surface area contributed by atoms with Gasteiger partial charge in [0.05, 0.1) is 17.0 Å². The Morgan fingerprint density at radius 2 is 1.68 bits per heavy atom. The van der Waals surface area contributed by atoms with Crippen molar-refractivity contribution < 1.29 is 19.1 Å². The Morgan fingerprint density at radius 1 is 1.04 bits per heavy atom. The van der Waals surface area contributed by atoms with Gasteiger partial charge in [-0.3, -0.25) is 9.59 Å². The SMILES string of the molecule is CCC(C)(C)C(=O)OCCOc1ccc(C(=O)Nc2ccc(C#N)cc2)cc1. The number of hydrogen-bond donors (Lipinski definition) is 1. The fourth-order valence-electron chi connectivity index (χ4n) is 2.17. The summed E-state index contributed by atoms with van der Waals surface area (Å²) in [5, 5.41) is 11.6. The highest BCUT2D eigenvalue weighted by molar-refractivity contribution is 6.04. The number of carbonyl (C=O) groups excluding carboxylic acids is 2. The summed E-state index contributed by atoms with van der Waals surface area (Å²) < 4.78 is 10.8. The molecule has 2 aromatic rings. The second kappa shape index (κ2) is 9.56. The van der Waals surface area contributed by atoms with Crippen LogP contribution < -0.4 is 10.1 Å². The van der Waals surface area contributed by atoms with Crippen LogP contribution in [-0.4, -0.2) is 25.1 Å². The highest BCUT2D eigenvalue weighted by Gasteiger charge is 2.26. The average Bonchev–Trinajstić information content (AvgIpc) is 2.72. The standard InChI is InChI=1S/C22H24N2O4/c1-4-22(2,3)21(26)28-14-13-27-19-11-7-17(8-12-19)20(25)24-18-9-5-16(15-23)6-10-18/h5-12H,4,13-14H2,1-3H3,(H,24,25). The van der Waals surface area contributed by atoms with Gasteiger partial charge < -0.3 is 14.8 Å². The normalized spacial score (nSPS) is 10.6. The van der Waals surface area contributed by atoms with E-state index in [-0.39, 0.29) is 25.1 Å². The van der Waals surface area contributed by atoms with Crippen LogP contribution in [0.5, 0.6) is 5.75 Å². The predicted molar refractivity (Wildman–Crippen MR) is 106 cm³/mol. The number of nitriles is 1. The Kier molecular flexibility index (Phi) is 7.16. The fraction of sp³-hybridized carbons (Fsp3) is 0.318. The van der Waals surface area contributed by atoms with Gasteiger partial charge in [0.25, 0.3) is 5.91 Å². The number of esters is 1. The molecule has 28 heavy (non-hydrogen) atoms. The van der Waals surface area contributed by atoms with E-state index < -0.39 is 5.41 Å². The molecule has 6 heteroatoms. The number of nitrogens with one attached hydrogen (secondary N) is 1. The largest absolute Gasteiger partial charge is 0.490 e. The molecule has 1 amide bonds. The van der Waals surface area contributed by atoms with Gasteiger partial charge in [-0.15, -0.1) is 0 Å². The van der Waals surface area contributed by atoms with Crippen LogP contribution in [0.15, 0.2) is 48.5 Å². The molecule has 2 aromatic carbocycles. The lowest BCUT2D eigenvalue weighted by Crippen LogP contribution is -2.27. The van der Waals surface area contributed by atoms with Crippen LogP contribution >= 0.6 is 0 Å². The molecule has 6 nitrogen and oxygen atoms in total. The van der Waals surface area contributed by atoms with Crippen LogP contribution in [0.1, 0.15) is 43.1 Å². The lowest BCUT2D eigenvalue weighted by molar-refractivity contribution is -0.154. The predicted octanol–water partition coefficient (Wildman–Crippen LogP) is 4.17. The number of ether oxygens (including phenoxy) is 2. The Balaban J connectivity index is 1.81. The van der Waals surface area contributed by atoms with Crippen molar-refractivity contribution >= 4 is 17.6 Å². The number of nitrogens with zero attached hydrogens (tertiary/aromatic N) is 1. The van der Waals surface area contributed by atoms with Gasteiger partial charge in [-0.2, -0.15) is 5.26 Å². The zero-order valence-corrected chi connectivity index (χ0v) is 16.3. The molecule has 1 N–H and O–H groups in total. The summed E-state index contributed by atoms with van der Waals surface area (Å²) in [7, 11) is 0. The van der Waals surface area contributed by atoms with Gasteiger partial charge in [-0.05, 0) is 68.8 Å². The van der Waals surface area contributed by atoms with E-state index in [0.717, 1.165) is 0 Å². The molecule has 0 aliphatic heterocycles. The number of anilines is 1. The minimum absolute atomic E-state index is 0.170. The first-order valence-electron chi connectivity index (χ1n) is 9.07. The molecule has 0 aliphatic rings. The van der Waals surface area contributed by atoms with E-state index in [2.05, 4.69) is 5.32 Å². The molecule has 0 bridgehead atoms. The van der Waals surface area contributed by atoms with E-state index in [1.807, 2.05) is 26.8 Å². The van der Waals surface area contributed by atoms with Crippen LogP contribution in [-0.2, 0) is 9.53 Å². The quantitative estimate of drug-likeness (QED) is 0.548. The molecule has 0 saturated heterocycles. The Bertz CT molecular complexity index is 850. The van der Waals surface area contributed by atoms with Crippen LogP contribution in [0, 0.1) is 16.7 Å². The van der Waals surface area contributed by atoms with Gasteiger partial charge in [-0.1, -0.05) is 6.92 Å². The Hall–Kier alpha value is -3.33. The van der Waals surface area contributed by atoms with E-state index in [1.54, 1.807) is 48.5 Å². The molecule has 2 rings (SSSR count). The third-order valence-corrected chi connectivity index (χ3v) is 4.41. The lowest BCUT2D eigenvalue weighted by Gasteiger charge is -2.20. The van der Waals surface area contributed by atoms with Crippen molar-refractivity contribution in [3.05, 3.63) is 59.7 Å². The summed E-state index contributed by atoms with van der Waals surface area (Å²) in [6, 6.07) is 15.3. The molecule has 0 aromatic heterocycles. The molecule has 0 unspecified atom stereocenters. The summed E-state index contributed by atoms with van der Waals surface area (Å²) in [4.78, 5) is 24.1. The minimum atomic E-state index is -0.496. The van der Waals surface area contributed by atoms with Crippen LogP contribution in [0.3, 0.4) is 0 Å². The fourth-order valence-corrected chi connectivity index (χ4v) is 2.17. The topological polar surface area (TPSA) is 88.4 Å². The molecule has 0 atom stereocenters. The summed E-state index contributed by atoms with van der Waals surface area (Å²) >= 11 is 0. The summed E-state index contributed by atoms with van der Waals surface area (Å²) in [6.07, 6.45) is 0.707. The van der Waals surface area contributed by atoms with Crippen molar-refractivity contribution in [1.82, 2.24) is 0 Å². The second-order valence-electron chi connectivity index (χ2n) is 6.89. The maximum absolute atomic E-state index is 12.3. The first-order valence-corrected chi connectivity index (χ1v) is 9.07. The van der Waals surface area contributed by atoms with Gasteiger partial charge in [0.1, 0.15) is 19.0 Å². The van der Waals surface area contributed by atoms with Crippen molar-refractivity contribution in [1.29, 1.82) is 5.26 Å². The molecule has 0 aliphatic carbocycles. The molecule has 0 radical (unpaired) electrons. The third kappa shape index (κ3) is 5.85. The zero-order valence-electron chi connectivity index (χ0n) is 16.3. The van der Waals surface area contributed by atoms with Crippen molar-refractivity contribution in [2.24, 2.45) is 5.41 Å². The van der Waals surface area contributed by atoms with Crippen molar-refractivity contribution in [2.45, 2.75) is 27.2 Å². The van der Waals surface area contributed by atoms with Crippen molar-refractivity contribution in [3.8, 4) is 11.8 Å². The maximum atomic E-state index is 12.3. The van der Waals surface area contributed by atoms with E-state index in [0.29, 0.717) is 29.0 Å². The molecule has 146 valence electrons.